The molecule has 23 heavy (non-hydrogen) atoms. The van der Waals surface area contributed by atoms with Crippen LogP contribution in [0.4, 0.5) is 5.69 Å². The highest BCUT2D eigenvalue weighted by Gasteiger charge is 2.48. The SMILES string of the molecule is CC1(C)COC(=O)[C@@H]1OC(=O)[C@H]1CC(=O)N(c2ccccc2)C1. The smallest absolute Gasteiger partial charge is 0.348 e. The van der Waals surface area contributed by atoms with E-state index in [9.17, 15) is 14.4 Å². The van der Waals surface area contributed by atoms with Crippen LogP contribution in [0.5, 0.6) is 0 Å². The molecule has 0 aromatic heterocycles. The van der Waals surface area contributed by atoms with Crippen LogP contribution in [0.25, 0.3) is 0 Å². The number of hydrogen-bond acceptors (Lipinski definition) is 5. The van der Waals surface area contributed by atoms with Crippen LogP contribution in [-0.4, -0.2) is 37.1 Å². The summed E-state index contributed by atoms with van der Waals surface area (Å²) in [6.07, 6.45) is -0.813. The summed E-state index contributed by atoms with van der Waals surface area (Å²) in [5, 5.41) is 0. The predicted octanol–water partition coefficient (Wildman–Crippen LogP) is 1.53. The van der Waals surface area contributed by atoms with E-state index in [1.54, 1.807) is 4.90 Å². The molecule has 0 N–H and O–H groups in total. The van der Waals surface area contributed by atoms with Crippen LogP contribution in [0, 0.1) is 11.3 Å². The van der Waals surface area contributed by atoms with Gasteiger partial charge in [0.25, 0.3) is 0 Å². The van der Waals surface area contributed by atoms with E-state index in [1.165, 1.54) is 0 Å². The van der Waals surface area contributed by atoms with Gasteiger partial charge in [0.1, 0.15) is 6.61 Å². The molecule has 6 nitrogen and oxygen atoms in total. The molecule has 2 atom stereocenters. The molecule has 2 fully saturated rings. The van der Waals surface area contributed by atoms with E-state index in [1.807, 2.05) is 44.2 Å². The minimum atomic E-state index is -0.907. The van der Waals surface area contributed by atoms with Crippen molar-refractivity contribution in [2.45, 2.75) is 26.4 Å². The lowest BCUT2D eigenvalue weighted by Crippen LogP contribution is -2.37. The van der Waals surface area contributed by atoms with Crippen LogP contribution >= 0.6 is 0 Å². The number of hydrogen-bond donors (Lipinski definition) is 0. The molecule has 0 radical (unpaired) electrons. The predicted molar refractivity (Wildman–Crippen MR) is 81.5 cm³/mol. The first-order chi connectivity index (χ1) is 10.9. The van der Waals surface area contributed by atoms with Crippen LogP contribution in [-0.2, 0) is 23.9 Å². The van der Waals surface area contributed by atoms with Crippen molar-refractivity contribution >= 4 is 23.5 Å². The van der Waals surface area contributed by atoms with Crippen molar-refractivity contribution in [2.75, 3.05) is 18.1 Å². The monoisotopic (exact) mass is 317 g/mol. The summed E-state index contributed by atoms with van der Waals surface area (Å²) in [4.78, 5) is 37.8. The molecule has 3 rings (SSSR count). The largest absolute Gasteiger partial charge is 0.462 e. The van der Waals surface area contributed by atoms with Gasteiger partial charge in [0.05, 0.1) is 5.92 Å². The molecule has 1 aromatic carbocycles. The number of carbonyl (C=O) groups is 3. The number of cyclic esters (lactones) is 1. The van der Waals surface area contributed by atoms with Crippen LogP contribution in [0.1, 0.15) is 20.3 Å². The second kappa shape index (κ2) is 5.68. The van der Waals surface area contributed by atoms with Crippen molar-refractivity contribution in [3.05, 3.63) is 30.3 Å². The van der Waals surface area contributed by atoms with Crippen molar-refractivity contribution in [1.29, 1.82) is 0 Å². The van der Waals surface area contributed by atoms with Crippen molar-refractivity contribution in [3.63, 3.8) is 0 Å². The van der Waals surface area contributed by atoms with Gasteiger partial charge >= 0.3 is 11.9 Å². The summed E-state index contributed by atoms with van der Waals surface area (Å²) >= 11 is 0. The number of nitrogens with zero attached hydrogens (tertiary/aromatic N) is 1. The van der Waals surface area contributed by atoms with E-state index in [2.05, 4.69) is 0 Å². The van der Waals surface area contributed by atoms with Crippen molar-refractivity contribution in [1.82, 2.24) is 0 Å². The first kappa shape index (κ1) is 15.5. The molecule has 0 spiro atoms. The number of carbonyl (C=O) groups excluding carboxylic acids is 3. The lowest BCUT2D eigenvalue weighted by atomic mass is 9.89. The molecule has 0 unspecified atom stereocenters. The lowest BCUT2D eigenvalue weighted by Gasteiger charge is -2.23. The molecule has 0 saturated carbocycles. The molecule has 2 aliphatic heterocycles. The number of benzene rings is 1. The highest BCUT2D eigenvalue weighted by molar-refractivity contribution is 5.99. The third kappa shape index (κ3) is 2.93. The lowest BCUT2D eigenvalue weighted by molar-refractivity contribution is -0.166. The second-order valence-corrected chi connectivity index (χ2v) is 6.65. The van der Waals surface area contributed by atoms with Gasteiger partial charge in [-0.1, -0.05) is 32.0 Å². The number of ether oxygens (including phenoxy) is 2. The quantitative estimate of drug-likeness (QED) is 0.791. The maximum absolute atomic E-state index is 12.3. The molecule has 6 heteroatoms. The highest BCUT2D eigenvalue weighted by Crippen LogP contribution is 2.33. The van der Waals surface area contributed by atoms with E-state index >= 15 is 0 Å². The Morgan fingerprint density at radius 2 is 1.96 bits per heavy atom. The van der Waals surface area contributed by atoms with Crippen LogP contribution in [0.2, 0.25) is 0 Å². The zero-order valence-electron chi connectivity index (χ0n) is 13.2. The summed E-state index contributed by atoms with van der Waals surface area (Å²) < 4.78 is 10.3. The molecule has 2 saturated heterocycles. The van der Waals surface area contributed by atoms with Gasteiger partial charge in [0.15, 0.2) is 0 Å². The summed E-state index contributed by atoms with van der Waals surface area (Å²) in [6.45, 7) is 4.12. The summed E-state index contributed by atoms with van der Waals surface area (Å²) in [6, 6.07) is 9.19. The Bertz CT molecular complexity index is 640. The molecular formula is C17H19NO5. The van der Waals surface area contributed by atoms with Gasteiger partial charge in [-0.3, -0.25) is 9.59 Å². The topological polar surface area (TPSA) is 72.9 Å². The maximum Gasteiger partial charge on any atom is 0.348 e. The Morgan fingerprint density at radius 3 is 2.57 bits per heavy atom. The highest BCUT2D eigenvalue weighted by atomic mass is 16.6. The van der Waals surface area contributed by atoms with E-state index in [0.29, 0.717) is 0 Å². The first-order valence-corrected chi connectivity index (χ1v) is 7.61. The van der Waals surface area contributed by atoms with Gasteiger partial charge in [0.2, 0.25) is 12.0 Å². The Labute approximate surface area is 134 Å². The fourth-order valence-electron chi connectivity index (χ4n) is 2.87. The van der Waals surface area contributed by atoms with Gasteiger partial charge in [-0.15, -0.1) is 0 Å². The Morgan fingerprint density at radius 1 is 1.26 bits per heavy atom. The van der Waals surface area contributed by atoms with Crippen LogP contribution in [0.3, 0.4) is 0 Å². The summed E-state index contributed by atoms with van der Waals surface area (Å²) in [5.74, 6) is -1.72. The number of esters is 2. The Kier molecular flexibility index (Phi) is 3.83. The number of rotatable bonds is 3. The van der Waals surface area contributed by atoms with E-state index in [0.717, 1.165) is 5.69 Å². The van der Waals surface area contributed by atoms with Gasteiger partial charge in [-0.05, 0) is 12.1 Å². The van der Waals surface area contributed by atoms with Gasteiger partial charge in [-0.2, -0.15) is 0 Å². The summed E-state index contributed by atoms with van der Waals surface area (Å²) in [7, 11) is 0. The van der Waals surface area contributed by atoms with E-state index < -0.39 is 29.4 Å². The maximum atomic E-state index is 12.3. The van der Waals surface area contributed by atoms with Crippen LogP contribution in [0.15, 0.2) is 30.3 Å². The Hall–Kier alpha value is -2.37. The van der Waals surface area contributed by atoms with E-state index in [-0.39, 0.29) is 25.5 Å². The van der Waals surface area contributed by atoms with Crippen molar-refractivity contribution < 1.29 is 23.9 Å². The minimum Gasteiger partial charge on any atom is -0.462 e. The van der Waals surface area contributed by atoms with E-state index in [4.69, 9.17) is 9.47 Å². The standard InChI is InChI=1S/C17H19NO5/c1-17(2)10-22-16(21)14(17)23-15(20)11-8-13(19)18(9-11)12-6-4-3-5-7-12/h3-7,11,14H,8-10H2,1-2H3/t11-,14-/m0/s1. The third-order valence-electron chi connectivity index (χ3n) is 4.27. The minimum absolute atomic E-state index is 0.0932. The fourth-order valence-corrected chi connectivity index (χ4v) is 2.87. The molecule has 1 aromatic rings. The zero-order chi connectivity index (χ0) is 16.6. The van der Waals surface area contributed by atoms with Crippen molar-refractivity contribution in [2.24, 2.45) is 11.3 Å². The third-order valence-corrected chi connectivity index (χ3v) is 4.27. The van der Waals surface area contributed by atoms with Crippen LogP contribution < -0.4 is 4.90 Å². The first-order valence-electron chi connectivity index (χ1n) is 7.61. The molecule has 2 aliphatic rings. The molecule has 122 valence electrons. The number of amides is 1. The second-order valence-electron chi connectivity index (χ2n) is 6.65. The van der Waals surface area contributed by atoms with Gasteiger partial charge < -0.3 is 14.4 Å². The average molecular weight is 317 g/mol. The van der Waals surface area contributed by atoms with Crippen molar-refractivity contribution in [3.8, 4) is 0 Å². The van der Waals surface area contributed by atoms with Gasteiger partial charge in [-0.25, -0.2) is 4.79 Å². The Balaban J connectivity index is 1.68. The molecule has 0 bridgehead atoms. The normalized spacial score (nSPS) is 26.3. The summed E-state index contributed by atoms with van der Waals surface area (Å²) in [5.41, 5.74) is 0.211. The zero-order valence-corrected chi connectivity index (χ0v) is 13.2. The molecule has 0 aliphatic carbocycles. The molecule has 2 heterocycles. The number of para-hydroxylation sites is 1. The molecule has 1 amide bonds. The average Bonchev–Trinajstić information content (AvgIpc) is 3.03. The number of anilines is 1. The molecular weight excluding hydrogens is 298 g/mol. The van der Waals surface area contributed by atoms with Gasteiger partial charge in [0, 0.05) is 24.1 Å². The fraction of sp³-hybridized carbons (Fsp3) is 0.471.